The monoisotopic (exact) mass is 280 g/mol. The van der Waals surface area contributed by atoms with E-state index in [0.717, 1.165) is 18.7 Å². The van der Waals surface area contributed by atoms with E-state index in [1.807, 2.05) is 0 Å². The van der Waals surface area contributed by atoms with Crippen LogP contribution in [0.4, 0.5) is 0 Å². The highest BCUT2D eigenvalue weighted by molar-refractivity contribution is 5.77. The molecule has 0 fully saturated rings. The van der Waals surface area contributed by atoms with E-state index < -0.39 is 0 Å². The third-order valence-corrected chi connectivity index (χ3v) is 3.01. The number of hydrogen-bond acceptors (Lipinski definition) is 3. The first kappa shape index (κ1) is 16.5. The number of nitrogens with one attached hydrogen (secondary N) is 1. The van der Waals surface area contributed by atoms with Gasteiger partial charge in [-0.2, -0.15) is 0 Å². The summed E-state index contributed by atoms with van der Waals surface area (Å²) < 4.78 is 5.65. The molecular formula is C15H28N4O. The van der Waals surface area contributed by atoms with Gasteiger partial charge in [0, 0.05) is 12.0 Å². The smallest absolute Gasteiger partial charge is 0.216 e. The summed E-state index contributed by atoms with van der Waals surface area (Å²) in [6, 6.07) is 0. The van der Waals surface area contributed by atoms with E-state index in [1.54, 1.807) is 6.20 Å². The van der Waals surface area contributed by atoms with Crippen LogP contribution in [-0.4, -0.2) is 17.5 Å². The molecule has 0 aliphatic rings. The molecule has 0 atom stereocenters. The first-order chi connectivity index (χ1) is 9.43. The molecule has 0 unspecified atom stereocenters. The molecule has 0 radical (unpaired) electrons. The van der Waals surface area contributed by atoms with Gasteiger partial charge in [0.1, 0.15) is 12.3 Å². The Balaban J connectivity index is 2.33. The Kier molecular flexibility index (Phi) is 6.55. The summed E-state index contributed by atoms with van der Waals surface area (Å²) in [5, 5.41) is 3.11. The molecule has 1 aromatic heterocycles. The Bertz CT molecular complexity index is 418. The lowest BCUT2D eigenvalue weighted by Gasteiger charge is -2.12. The highest BCUT2D eigenvalue weighted by Gasteiger charge is 2.18. The number of aromatic nitrogens is 1. The fourth-order valence-electron chi connectivity index (χ4n) is 1.71. The fourth-order valence-corrected chi connectivity index (χ4v) is 1.71. The summed E-state index contributed by atoms with van der Waals surface area (Å²) in [5.41, 5.74) is 5.77. The highest BCUT2D eigenvalue weighted by atomic mass is 16.4. The van der Waals surface area contributed by atoms with Crippen LogP contribution >= 0.6 is 0 Å². The number of guanidine groups is 1. The fraction of sp³-hybridized carbons (Fsp3) is 0.733. The van der Waals surface area contributed by atoms with Crippen LogP contribution in [0, 0.1) is 0 Å². The van der Waals surface area contributed by atoms with Crippen LogP contribution in [0.5, 0.6) is 0 Å². The summed E-state index contributed by atoms with van der Waals surface area (Å²) in [5.74, 6) is 1.93. The second kappa shape index (κ2) is 7.92. The molecule has 0 amide bonds. The predicted octanol–water partition coefficient (Wildman–Crippen LogP) is 2.96. The molecule has 5 nitrogen and oxygen atoms in total. The molecular weight excluding hydrogens is 252 g/mol. The van der Waals surface area contributed by atoms with E-state index >= 15 is 0 Å². The Morgan fingerprint density at radius 1 is 1.35 bits per heavy atom. The lowest BCUT2D eigenvalue weighted by Crippen LogP contribution is -2.32. The van der Waals surface area contributed by atoms with Crippen LogP contribution in [0.2, 0.25) is 0 Å². The second-order valence-electron chi connectivity index (χ2n) is 6.06. The van der Waals surface area contributed by atoms with Gasteiger partial charge in [-0.05, 0) is 6.42 Å². The van der Waals surface area contributed by atoms with E-state index in [-0.39, 0.29) is 5.41 Å². The molecule has 114 valence electrons. The molecule has 0 aliphatic carbocycles. The Labute approximate surface area is 122 Å². The third-order valence-electron chi connectivity index (χ3n) is 3.01. The van der Waals surface area contributed by atoms with Gasteiger partial charge < -0.3 is 15.5 Å². The molecule has 0 spiro atoms. The minimum atomic E-state index is -0.0297. The van der Waals surface area contributed by atoms with Crippen LogP contribution < -0.4 is 11.1 Å². The van der Waals surface area contributed by atoms with Crippen molar-refractivity contribution in [2.75, 3.05) is 6.54 Å². The van der Waals surface area contributed by atoms with Crippen molar-refractivity contribution in [1.29, 1.82) is 0 Å². The van der Waals surface area contributed by atoms with Gasteiger partial charge in [-0.15, -0.1) is 0 Å². The first-order valence-corrected chi connectivity index (χ1v) is 7.42. The maximum atomic E-state index is 5.80. The lowest BCUT2D eigenvalue weighted by molar-refractivity contribution is 0.383. The van der Waals surface area contributed by atoms with Crippen LogP contribution in [0.25, 0.3) is 0 Å². The van der Waals surface area contributed by atoms with Crippen molar-refractivity contribution in [3.63, 3.8) is 0 Å². The standard InChI is InChI=1S/C15H28N4O/c1-5-6-7-8-9-17-14(16)19-11-13-18-10-12(20-13)15(2,3)4/h10H,5-9,11H2,1-4H3,(H3,16,17,19). The van der Waals surface area contributed by atoms with Gasteiger partial charge in [0.15, 0.2) is 5.96 Å². The van der Waals surface area contributed by atoms with Crippen molar-refractivity contribution in [3.05, 3.63) is 17.8 Å². The Morgan fingerprint density at radius 2 is 2.10 bits per heavy atom. The molecule has 0 saturated carbocycles. The number of aliphatic imine (C=N–C) groups is 1. The Hall–Kier alpha value is -1.52. The molecule has 20 heavy (non-hydrogen) atoms. The van der Waals surface area contributed by atoms with E-state index in [4.69, 9.17) is 10.2 Å². The van der Waals surface area contributed by atoms with Crippen molar-refractivity contribution in [2.24, 2.45) is 10.7 Å². The highest BCUT2D eigenvalue weighted by Crippen LogP contribution is 2.22. The van der Waals surface area contributed by atoms with Gasteiger partial charge in [0.25, 0.3) is 0 Å². The van der Waals surface area contributed by atoms with Crippen molar-refractivity contribution < 1.29 is 4.42 Å². The maximum absolute atomic E-state index is 5.80. The normalized spacial score (nSPS) is 12.7. The number of unbranched alkanes of at least 4 members (excludes halogenated alkanes) is 3. The summed E-state index contributed by atoms with van der Waals surface area (Å²) in [6.07, 6.45) is 6.62. The molecule has 0 aliphatic heterocycles. The maximum Gasteiger partial charge on any atom is 0.216 e. The van der Waals surface area contributed by atoms with Crippen LogP contribution in [-0.2, 0) is 12.0 Å². The van der Waals surface area contributed by atoms with Gasteiger partial charge >= 0.3 is 0 Å². The average Bonchev–Trinajstić information content (AvgIpc) is 2.85. The van der Waals surface area contributed by atoms with Crippen molar-refractivity contribution in [3.8, 4) is 0 Å². The summed E-state index contributed by atoms with van der Waals surface area (Å²) in [6.45, 7) is 9.72. The third kappa shape index (κ3) is 6.08. The van der Waals surface area contributed by atoms with E-state index in [2.05, 4.69) is 43.0 Å². The SMILES string of the molecule is CCCCCCNC(N)=NCc1ncc(C(C)(C)C)o1. The first-order valence-electron chi connectivity index (χ1n) is 7.42. The van der Waals surface area contributed by atoms with Gasteiger partial charge in [-0.25, -0.2) is 9.98 Å². The zero-order valence-electron chi connectivity index (χ0n) is 13.2. The van der Waals surface area contributed by atoms with Crippen LogP contribution in [0.1, 0.15) is 65.0 Å². The number of nitrogens with two attached hydrogens (primary N) is 1. The summed E-state index contributed by atoms with van der Waals surface area (Å²) in [7, 11) is 0. The van der Waals surface area contributed by atoms with Gasteiger partial charge in [-0.3, -0.25) is 0 Å². The van der Waals surface area contributed by atoms with E-state index in [9.17, 15) is 0 Å². The quantitative estimate of drug-likeness (QED) is 0.457. The molecule has 0 bridgehead atoms. The van der Waals surface area contributed by atoms with Crippen LogP contribution in [0.15, 0.2) is 15.6 Å². The predicted molar refractivity (Wildman–Crippen MR) is 82.7 cm³/mol. The minimum Gasteiger partial charge on any atom is -0.443 e. The molecule has 1 heterocycles. The zero-order valence-corrected chi connectivity index (χ0v) is 13.2. The molecule has 1 aromatic rings. The number of rotatable bonds is 7. The largest absolute Gasteiger partial charge is 0.443 e. The molecule has 0 saturated heterocycles. The average molecular weight is 280 g/mol. The molecule has 5 heteroatoms. The molecule has 3 N–H and O–H groups in total. The molecule has 0 aromatic carbocycles. The summed E-state index contributed by atoms with van der Waals surface area (Å²) in [4.78, 5) is 8.45. The van der Waals surface area contributed by atoms with Gasteiger partial charge in [0.2, 0.25) is 5.89 Å². The van der Waals surface area contributed by atoms with E-state index in [0.29, 0.717) is 18.4 Å². The Morgan fingerprint density at radius 3 is 2.70 bits per heavy atom. The lowest BCUT2D eigenvalue weighted by atomic mass is 9.94. The topological polar surface area (TPSA) is 76.4 Å². The van der Waals surface area contributed by atoms with Crippen molar-refractivity contribution in [2.45, 2.75) is 65.3 Å². The zero-order chi connectivity index (χ0) is 15.0. The summed E-state index contributed by atoms with van der Waals surface area (Å²) >= 11 is 0. The van der Waals surface area contributed by atoms with E-state index in [1.165, 1.54) is 19.3 Å². The van der Waals surface area contributed by atoms with Crippen molar-refractivity contribution >= 4 is 5.96 Å². The number of oxazole rings is 1. The number of hydrogen-bond donors (Lipinski definition) is 2. The van der Waals surface area contributed by atoms with Gasteiger partial charge in [-0.1, -0.05) is 47.0 Å². The minimum absolute atomic E-state index is 0.0297. The molecule has 1 rings (SSSR count). The number of nitrogens with zero attached hydrogens (tertiary/aromatic N) is 2. The second-order valence-corrected chi connectivity index (χ2v) is 6.06. The van der Waals surface area contributed by atoms with Crippen molar-refractivity contribution in [1.82, 2.24) is 10.3 Å². The van der Waals surface area contributed by atoms with Crippen LogP contribution in [0.3, 0.4) is 0 Å². The van der Waals surface area contributed by atoms with Gasteiger partial charge in [0.05, 0.1) is 6.20 Å².